The summed E-state index contributed by atoms with van der Waals surface area (Å²) in [6, 6.07) is 0.406. The summed E-state index contributed by atoms with van der Waals surface area (Å²) in [6.45, 7) is 8.13. The first-order valence-corrected chi connectivity index (χ1v) is 5.78. The predicted molar refractivity (Wildman–Crippen MR) is 60.9 cm³/mol. The van der Waals surface area contributed by atoms with Crippen LogP contribution in [0.4, 0.5) is 0 Å². The van der Waals surface area contributed by atoms with E-state index in [1.807, 2.05) is 6.92 Å². The van der Waals surface area contributed by atoms with Crippen LogP contribution in [0.5, 0.6) is 0 Å². The Morgan fingerprint density at radius 1 is 1.29 bits per heavy atom. The van der Waals surface area contributed by atoms with Crippen molar-refractivity contribution in [3.05, 3.63) is 0 Å². The Morgan fingerprint density at radius 2 is 2.00 bits per heavy atom. The highest BCUT2D eigenvalue weighted by molar-refractivity contribution is 4.67. The SMILES string of the molecule is CCCC(C)CC(CCOCC)NN. The van der Waals surface area contributed by atoms with Crippen LogP contribution in [-0.4, -0.2) is 19.3 Å². The van der Waals surface area contributed by atoms with Crippen LogP contribution in [0.25, 0.3) is 0 Å². The maximum Gasteiger partial charge on any atom is 0.0481 e. The molecule has 0 radical (unpaired) electrons. The Hall–Kier alpha value is -0.120. The first kappa shape index (κ1) is 13.9. The fraction of sp³-hybridized carbons (Fsp3) is 1.00. The molecule has 0 aliphatic rings. The lowest BCUT2D eigenvalue weighted by Crippen LogP contribution is -2.37. The number of ether oxygens (including phenoxy) is 1. The van der Waals surface area contributed by atoms with Crippen LogP contribution in [-0.2, 0) is 4.74 Å². The summed E-state index contributed by atoms with van der Waals surface area (Å²) in [6.07, 6.45) is 4.70. The molecule has 0 heterocycles. The number of nitrogens with one attached hydrogen (secondary N) is 1. The molecular weight excluding hydrogens is 176 g/mol. The zero-order chi connectivity index (χ0) is 10.8. The first-order valence-electron chi connectivity index (χ1n) is 5.78. The fourth-order valence-electron chi connectivity index (χ4n) is 1.74. The van der Waals surface area contributed by atoms with Gasteiger partial charge in [0.25, 0.3) is 0 Å². The summed E-state index contributed by atoms with van der Waals surface area (Å²) in [5.41, 5.74) is 2.87. The Balaban J connectivity index is 3.55. The average molecular weight is 202 g/mol. The molecule has 0 spiro atoms. The minimum Gasteiger partial charge on any atom is -0.382 e. The number of hydrogen-bond acceptors (Lipinski definition) is 3. The highest BCUT2D eigenvalue weighted by Crippen LogP contribution is 2.13. The van der Waals surface area contributed by atoms with Gasteiger partial charge < -0.3 is 4.74 Å². The van der Waals surface area contributed by atoms with Crippen LogP contribution in [0.15, 0.2) is 0 Å². The highest BCUT2D eigenvalue weighted by atomic mass is 16.5. The second-order valence-electron chi connectivity index (χ2n) is 3.98. The van der Waals surface area contributed by atoms with Crippen molar-refractivity contribution in [1.29, 1.82) is 0 Å². The zero-order valence-corrected chi connectivity index (χ0v) is 9.88. The Labute approximate surface area is 88.4 Å². The number of hydrogen-bond donors (Lipinski definition) is 2. The van der Waals surface area contributed by atoms with E-state index in [1.54, 1.807) is 0 Å². The van der Waals surface area contributed by atoms with Crippen molar-refractivity contribution < 1.29 is 4.74 Å². The Kier molecular flexibility index (Phi) is 9.35. The van der Waals surface area contributed by atoms with Gasteiger partial charge in [-0.2, -0.15) is 0 Å². The molecule has 0 saturated carbocycles. The third kappa shape index (κ3) is 7.30. The standard InChI is InChI=1S/C11H26N2O/c1-4-6-10(3)9-11(13-12)7-8-14-5-2/h10-11,13H,4-9,12H2,1-3H3. The molecule has 0 aromatic rings. The quantitative estimate of drug-likeness (QED) is 0.342. The van der Waals surface area contributed by atoms with E-state index < -0.39 is 0 Å². The minimum absolute atomic E-state index is 0.406. The topological polar surface area (TPSA) is 47.3 Å². The summed E-state index contributed by atoms with van der Waals surface area (Å²) < 4.78 is 5.31. The van der Waals surface area contributed by atoms with Crippen molar-refractivity contribution >= 4 is 0 Å². The molecule has 0 amide bonds. The van der Waals surface area contributed by atoms with Gasteiger partial charge in [0.15, 0.2) is 0 Å². The van der Waals surface area contributed by atoms with Gasteiger partial charge in [-0.05, 0) is 25.7 Å². The molecule has 0 aromatic heterocycles. The van der Waals surface area contributed by atoms with Crippen LogP contribution >= 0.6 is 0 Å². The summed E-state index contributed by atoms with van der Waals surface area (Å²) in [4.78, 5) is 0. The van der Waals surface area contributed by atoms with E-state index in [4.69, 9.17) is 10.6 Å². The smallest absolute Gasteiger partial charge is 0.0481 e. The molecule has 0 saturated heterocycles. The lowest BCUT2D eigenvalue weighted by molar-refractivity contribution is 0.133. The molecule has 3 nitrogen and oxygen atoms in total. The van der Waals surface area contributed by atoms with Crippen molar-refractivity contribution in [3.63, 3.8) is 0 Å². The van der Waals surface area contributed by atoms with E-state index in [1.165, 1.54) is 12.8 Å². The summed E-state index contributed by atoms with van der Waals surface area (Å²) in [5, 5.41) is 0. The maximum atomic E-state index is 5.49. The molecule has 3 N–H and O–H groups in total. The molecular formula is C11H26N2O. The normalized spacial score (nSPS) is 15.4. The van der Waals surface area contributed by atoms with E-state index in [9.17, 15) is 0 Å². The largest absolute Gasteiger partial charge is 0.382 e. The highest BCUT2D eigenvalue weighted by Gasteiger charge is 2.10. The number of hydrazine groups is 1. The molecule has 0 bridgehead atoms. The molecule has 0 aliphatic carbocycles. The minimum atomic E-state index is 0.406. The van der Waals surface area contributed by atoms with E-state index >= 15 is 0 Å². The van der Waals surface area contributed by atoms with Gasteiger partial charge in [0.2, 0.25) is 0 Å². The van der Waals surface area contributed by atoms with Gasteiger partial charge in [-0.3, -0.25) is 11.3 Å². The average Bonchev–Trinajstić information content (AvgIpc) is 2.17. The molecule has 14 heavy (non-hydrogen) atoms. The Morgan fingerprint density at radius 3 is 2.50 bits per heavy atom. The summed E-state index contributed by atoms with van der Waals surface area (Å²) in [5.74, 6) is 6.25. The van der Waals surface area contributed by atoms with Crippen LogP contribution < -0.4 is 11.3 Å². The summed E-state index contributed by atoms with van der Waals surface area (Å²) >= 11 is 0. The first-order chi connectivity index (χ1) is 6.74. The molecule has 2 unspecified atom stereocenters. The number of rotatable bonds is 9. The van der Waals surface area contributed by atoms with Gasteiger partial charge in [-0.1, -0.05) is 26.7 Å². The maximum absolute atomic E-state index is 5.49. The van der Waals surface area contributed by atoms with Gasteiger partial charge in [-0.15, -0.1) is 0 Å². The lowest BCUT2D eigenvalue weighted by atomic mass is 9.96. The fourth-order valence-corrected chi connectivity index (χ4v) is 1.74. The van der Waals surface area contributed by atoms with E-state index in [0.717, 1.165) is 32.0 Å². The Bertz CT molecular complexity index is 120. The van der Waals surface area contributed by atoms with E-state index in [-0.39, 0.29) is 0 Å². The van der Waals surface area contributed by atoms with Crippen molar-refractivity contribution in [2.75, 3.05) is 13.2 Å². The number of nitrogens with two attached hydrogens (primary N) is 1. The third-order valence-electron chi connectivity index (χ3n) is 2.52. The van der Waals surface area contributed by atoms with Crippen LogP contribution in [0.2, 0.25) is 0 Å². The third-order valence-corrected chi connectivity index (χ3v) is 2.52. The van der Waals surface area contributed by atoms with Gasteiger partial charge in [0, 0.05) is 19.3 Å². The monoisotopic (exact) mass is 202 g/mol. The van der Waals surface area contributed by atoms with E-state index in [2.05, 4.69) is 19.3 Å². The van der Waals surface area contributed by atoms with Crippen LogP contribution in [0.3, 0.4) is 0 Å². The zero-order valence-electron chi connectivity index (χ0n) is 9.88. The second-order valence-corrected chi connectivity index (χ2v) is 3.98. The van der Waals surface area contributed by atoms with Crippen molar-refractivity contribution in [2.24, 2.45) is 11.8 Å². The molecule has 3 heteroatoms. The summed E-state index contributed by atoms with van der Waals surface area (Å²) in [7, 11) is 0. The van der Waals surface area contributed by atoms with Gasteiger partial charge in [-0.25, -0.2) is 0 Å². The van der Waals surface area contributed by atoms with E-state index in [0.29, 0.717) is 6.04 Å². The van der Waals surface area contributed by atoms with Crippen molar-refractivity contribution in [2.45, 2.75) is 52.5 Å². The molecule has 2 atom stereocenters. The van der Waals surface area contributed by atoms with Gasteiger partial charge >= 0.3 is 0 Å². The van der Waals surface area contributed by atoms with Crippen LogP contribution in [0.1, 0.15) is 46.5 Å². The second kappa shape index (κ2) is 9.44. The van der Waals surface area contributed by atoms with Crippen LogP contribution in [0, 0.1) is 5.92 Å². The predicted octanol–water partition coefficient (Wildman–Crippen LogP) is 2.07. The van der Waals surface area contributed by atoms with Crippen molar-refractivity contribution in [1.82, 2.24) is 5.43 Å². The molecule has 86 valence electrons. The molecule has 0 fully saturated rings. The molecule has 0 aromatic carbocycles. The van der Waals surface area contributed by atoms with Crippen molar-refractivity contribution in [3.8, 4) is 0 Å². The molecule has 0 rings (SSSR count). The molecule has 0 aliphatic heterocycles. The van der Waals surface area contributed by atoms with Gasteiger partial charge in [0.1, 0.15) is 0 Å². The van der Waals surface area contributed by atoms with Gasteiger partial charge in [0.05, 0.1) is 0 Å². The lowest BCUT2D eigenvalue weighted by Gasteiger charge is -2.19.